The van der Waals surface area contributed by atoms with Gasteiger partial charge in [0, 0.05) is 6.54 Å². The molecule has 0 bridgehead atoms. The minimum absolute atomic E-state index is 0.623. The second-order valence-electron chi connectivity index (χ2n) is 13.3. The summed E-state index contributed by atoms with van der Waals surface area (Å²) < 4.78 is 0. The zero-order valence-corrected chi connectivity index (χ0v) is 35.8. The molecule has 0 saturated carbocycles. The van der Waals surface area contributed by atoms with Gasteiger partial charge >= 0.3 is 0 Å². The summed E-state index contributed by atoms with van der Waals surface area (Å²) in [6.45, 7) is 32.6. The number of hydrogen-bond donors (Lipinski definition) is 1. The Morgan fingerprint density at radius 2 is 1.24 bits per heavy atom. The van der Waals surface area contributed by atoms with Crippen LogP contribution in [0.1, 0.15) is 92.0 Å². The largest absolute Gasteiger partial charge is 0.316 e. The third-order valence-corrected chi connectivity index (χ3v) is 9.78. The summed E-state index contributed by atoms with van der Waals surface area (Å²) in [6.07, 6.45) is 10.1. The SMILES string of the molecule is C=CC(CN(C)CCCCc1ccc(CCNCCc2ccc(C)c(C)c2C)cc1)=NC(=C)C(C=C)(c1ccccc1)c1ccccc1.CC.CC.CC=O. The number of unbranched alkanes of at least 4 members (excludes halogenated alkanes) is 1. The molecular formula is C51H71N3O. The molecule has 0 heterocycles. The van der Waals surface area contributed by atoms with E-state index >= 15 is 0 Å². The van der Waals surface area contributed by atoms with Gasteiger partial charge < -0.3 is 15.0 Å². The van der Waals surface area contributed by atoms with Crippen LogP contribution in [0.5, 0.6) is 0 Å². The first-order valence-electron chi connectivity index (χ1n) is 20.3. The topological polar surface area (TPSA) is 44.7 Å². The van der Waals surface area contributed by atoms with Crippen molar-refractivity contribution in [3.05, 3.63) is 179 Å². The van der Waals surface area contributed by atoms with E-state index in [1.165, 1.54) is 40.3 Å². The van der Waals surface area contributed by atoms with Gasteiger partial charge in [-0.25, -0.2) is 0 Å². The molecule has 0 aliphatic rings. The first-order valence-corrected chi connectivity index (χ1v) is 20.3. The highest BCUT2D eigenvalue weighted by molar-refractivity contribution is 5.97. The van der Waals surface area contributed by atoms with Crippen molar-refractivity contribution in [1.82, 2.24) is 10.2 Å². The minimum Gasteiger partial charge on any atom is -0.316 e. The Balaban J connectivity index is 0.00000202. The lowest BCUT2D eigenvalue weighted by Crippen LogP contribution is -2.29. The van der Waals surface area contributed by atoms with Crippen molar-refractivity contribution in [2.24, 2.45) is 4.99 Å². The Kier molecular flexibility index (Phi) is 24.5. The van der Waals surface area contributed by atoms with Crippen molar-refractivity contribution in [2.45, 2.75) is 92.9 Å². The molecule has 0 aliphatic heterocycles. The molecule has 0 atom stereocenters. The Bertz CT molecular complexity index is 1670. The third-order valence-electron chi connectivity index (χ3n) is 9.78. The Morgan fingerprint density at radius 1 is 0.727 bits per heavy atom. The highest BCUT2D eigenvalue weighted by atomic mass is 16.1. The standard InChI is InChI=1S/C45H55N3.C2H4O.2C2H6/c1-8-44(47-38(6)45(9-2,42-19-12-10-13-20-42)43-21-14-11-15-22-43)34-48(7)33-17-16-18-39-24-26-40(27-25-39)29-31-46-32-30-41-28-23-35(3)36(4)37(41)5;1-2-3;2*1-2/h8-15,19-28,46H,1-2,6,16-18,29-34H2,3-5,7H3;2H,1H3;2*1-2H3. The van der Waals surface area contributed by atoms with Crippen molar-refractivity contribution < 1.29 is 4.79 Å². The van der Waals surface area contributed by atoms with E-state index in [1.807, 2.05) is 52.0 Å². The van der Waals surface area contributed by atoms with Crippen LogP contribution >= 0.6 is 0 Å². The van der Waals surface area contributed by atoms with E-state index in [-0.39, 0.29) is 0 Å². The first-order chi connectivity index (χ1) is 26.7. The van der Waals surface area contributed by atoms with Crippen molar-refractivity contribution in [3.8, 4) is 0 Å². The van der Waals surface area contributed by atoms with Crippen LogP contribution in [-0.4, -0.2) is 50.1 Å². The quantitative estimate of drug-likeness (QED) is 0.0450. The van der Waals surface area contributed by atoms with Gasteiger partial charge in [-0.3, -0.25) is 4.99 Å². The Hall–Kier alpha value is -4.64. The Morgan fingerprint density at radius 3 is 1.75 bits per heavy atom. The fourth-order valence-corrected chi connectivity index (χ4v) is 6.47. The van der Waals surface area contributed by atoms with Crippen LogP contribution in [0.25, 0.3) is 0 Å². The lowest BCUT2D eigenvalue weighted by molar-refractivity contribution is -0.106. The molecule has 55 heavy (non-hydrogen) atoms. The highest BCUT2D eigenvalue weighted by Crippen LogP contribution is 2.40. The van der Waals surface area contributed by atoms with Crippen molar-refractivity contribution in [1.29, 1.82) is 0 Å². The summed E-state index contributed by atoms with van der Waals surface area (Å²) in [5.41, 5.74) is 11.7. The normalized spacial score (nSPS) is 10.8. The molecule has 0 unspecified atom stereocenters. The fourth-order valence-electron chi connectivity index (χ4n) is 6.47. The maximum Gasteiger partial charge on any atom is 0.116 e. The van der Waals surface area contributed by atoms with Crippen molar-refractivity contribution in [2.75, 3.05) is 33.2 Å². The lowest BCUT2D eigenvalue weighted by atomic mass is 9.72. The number of rotatable bonds is 19. The third kappa shape index (κ3) is 15.6. The predicted octanol–water partition coefficient (Wildman–Crippen LogP) is 11.8. The molecule has 4 aromatic carbocycles. The van der Waals surface area contributed by atoms with Gasteiger partial charge in [0.1, 0.15) is 6.29 Å². The number of benzene rings is 4. The molecule has 4 rings (SSSR count). The zero-order valence-electron chi connectivity index (χ0n) is 35.8. The van der Waals surface area contributed by atoms with Gasteiger partial charge in [0.25, 0.3) is 0 Å². The average Bonchev–Trinajstić information content (AvgIpc) is 3.22. The van der Waals surface area contributed by atoms with Crippen LogP contribution in [-0.2, 0) is 29.5 Å². The van der Waals surface area contributed by atoms with E-state index in [4.69, 9.17) is 9.79 Å². The summed E-state index contributed by atoms with van der Waals surface area (Å²) in [5.74, 6) is 0. The van der Waals surface area contributed by atoms with Gasteiger partial charge in [-0.15, -0.1) is 6.58 Å². The number of aldehydes is 1. The van der Waals surface area contributed by atoms with Gasteiger partial charge in [-0.05, 0) is 137 Å². The number of carbonyl (C=O) groups excluding carboxylic acids is 1. The van der Waals surface area contributed by atoms with Crippen LogP contribution in [0.15, 0.2) is 140 Å². The maximum atomic E-state index is 8.81. The number of aliphatic imine (C=N–C) groups is 1. The number of hydrogen-bond acceptors (Lipinski definition) is 4. The van der Waals surface area contributed by atoms with Gasteiger partial charge in [0.05, 0.1) is 16.8 Å². The summed E-state index contributed by atoms with van der Waals surface area (Å²) in [5, 5.41) is 3.64. The number of allylic oxidation sites excluding steroid dienone is 1. The number of nitrogens with one attached hydrogen (secondary N) is 1. The molecular weight excluding hydrogens is 671 g/mol. The molecule has 0 aromatic heterocycles. The van der Waals surface area contributed by atoms with Gasteiger partial charge in [-0.1, -0.05) is 144 Å². The predicted molar refractivity (Wildman–Crippen MR) is 243 cm³/mol. The second-order valence-corrected chi connectivity index (χ2v) is 13.3. The van der Waals surface area contributed by atoms with E-state index in [0.717, 1.165) is 80.6 Å². The molecule has 4 nitrogen and oxygen atoms in total. The van der Waals surface area contributed by atoms with E-state index in [9.17, 15) is 0 Å². The van der Waals surface area contributed by atoms with Crippen molar-refractivity contribution in [3.63, 3.8) is 0 Å². The second kappa shape index (κ2) is 27.9. The lowest BCUT2D eigenvalue weighted by Gasteiger charge is -2.32. The summed E-state index contributed by atoms with van der Waals surface area (Å²) in [6, 6.07) is 34.5. The molecule has 0 amide bonds. The van der Waals surface area contributed by atoms with Crippen LogP contribution in [0.2, 0.25) is 0 Å². The molecule has 0 aliphatic carbocycles. The van der Waals surface area contributed by atoms with Crippen molar-refractivity contribution >= 4 is 12.0 Å². The zero-order chi connectivity index (χ0) is 41.1. The van der Waals surface area contributed by atoms with E-state index in [2.05, 4.69) is 143 Å². The summed E-state index contributed by atoms with van der Waals surface area (Å²) >= 11 is 0. The molecule has 0 fully saturated rings. The summed E-state index contributed by atoms with van der Waals surface area (Å²) in [7, 11) is 2.16. The van der Waals surface area contributed by atoms with Crippen LogP contribution in [0, 0.1) is 20.8 Å². The number of carbonyl (C=O) groups is 1. The molecule has 0 saturated heterocycles. The van der Waals surface area contributed by atoms with Gasteiger partial charge in [0.15, 0.2) is 0 Å². The molecule has 4 heteroatoms. The van der Waals surface area contributed by atoms with Gasteiger partial charge in [0.2, 0.25) is 0 Å². The van der Waals surface area contributed by atoms with E-state index < -0.39 is 5.41 Å². The van der Waals surface area contributed by atoms with Crippen LogP contribution < -0.4 is 5.32 Å². The molecule has 296 valence electrons. The molecule has 4 aromatic rings. The number of aryl methyl sites for hydroxylation is 2. The summed E-state index contributed by atoms with van der Waals surface area (Å²) in [4.78, 5) is 16.2. The average molecular weight is 742 g/mol. The van der Waals surface area contributed by atoms with Crippen LogP contribution in [0.3, 0.4) is 0 Å². The minimum atomic E-state index is -0.623. The van der Waals surface area contributed by atoms with E-state index in [1.54, 1.807) is 0 Å². The highest BCUT2D eigenvalue weighted by Gasteiger charge is 2.34. The molecule has 0 spiro atoms. The number of nitrogens with zero attached hydrogens (tertiary/aromatic N) is 2. The smallest absolute Gasteiger partial charge is 0.116 e. The monoisotopic (exact) mass is 742 g/mol. The maximum absolute atomic E-state index is 8.81. The van der Waals surface area contributed by atoms with Gasteiger partial charge in [-0.2, -0.15) is 0 Å². The first kappa shape index (κ1) is 48.4. The van der Waals surface area contributed by atoms with Crippen LogP contribution in [0.4, 0.5) is 0 Å². The van der Waals surface area contributed by atoms with E-state index in [0.29, 0.717) is 6.54 Å². The molecule has 0 radical (unpaired) electrons. The fraction of sp³-hybridized carbons (Fsp3) is 0.373. The molecule has 1 N–H and O–H groups in total. The Labute approximate surface area is 336 Å².